The largest absolute Gasteiger partial charge is 0.353 e. The minimum Gasteiger partial charge on any atom is -0.353 e. The number of hydrogen-bond acceptors (Lipinski definition) is 5. The quantitative estimate of drug-likeness (QED) is 0.815. The van der Waals surface area contributed by atoms with Crippen molar-refractivity contribution in [3.8, 4) is 0 Å². The molecule has 27 heavy (non-hydrogen) atoms. The van der Waals surface area contributed by atoms with Crippen molar-refractivity contribution in [2.75, 3.05) is 24.5 Å². The highest BCUT2D eigenvalue weighted by Crippen LogP contribution is 2.32. The van der Waals surface area contributed by atoms with E-state index in [9.17, 15) is 4.79 Å². The Morgan fingerprint density at radius 2 is 1.96 bits per heavy atom. The summed E-state index contributed by atoms with van der Waals surface area (Å²) in [6.45, 7) is 6.61. The Balaban J connectivity index is 1.33. The Kier molecular flexibility index (Phi) is 5.05. The molecule has 2 aliphatic heterocycles. The number of pyridine rings is 1. The molecule has 142 valence electrons. The fraction of sp³-hybridized carbons (Fsp3) is 0.524. The molecule has 0 saturated carbocycles. The molecule has 0 spiro atoms. The molecule has 0 N–H and O–H groups in total. The minimum absolute atomic E-state index is 0.151. The van der Waals surface area contributed by atoms with Gasteiger partial charge in [-0.2, -0.15) is 0 Å². The minimum atomic E-state index is 0.151. The molecule has 0 aromatic carbocycles. The Labute approximate surface area is 160 Å². The van der Waals surface area contributed by atoms with Crippen LogP contribution in [0.4, 0.5) is 5.82 Å². The molecular formula is C21H27N5O. The van der Waals surface area contributed by atoms with Crippen LogP contribution in [0.3, 0.4) is 0 Å². The van der Waals surface area contributed by atoms with E-state index in [1.165, 1.54) is 5.56 Å². The lowest BCUT2D eigenvalue weighted by molar-refractivity contribution is -0.132. The molecule has 2 atom stereocenters. The fourth-order valence-corrected chi connectivity index (χ4v) is 4.31. The normalized spacial score (nSPS) is 22.2. The van der Waals surface area contributed by atoms with E-state index in [1.807, 2.05) is 13.1 Å². The number of rotatable bonds is 5. The van der Waals surface area contributed by atoms with Gasteiger partial charge >= 0.3 is 0 Å². The molecule has 0 bridgehead atoms. The molecule has 2 saturated heterocycles. The first-order chi connectivity index (χ1) is 13.1. The van der Waals surface area contributed by atoms with Gasteiger partial charge in [-0.25, -0.2) is 4.98 Å². The zero-order chi connectivity index (χ0) is 18.8. The number of nitrogens with zero attached hydrogens (tertiary/aromatic N) is 5. The molecule has 2 aromatic heterocycles. The van der Waals surface area contributed by atoms with Gasteiger partial charge in [0.2, 0.25) is 5.91 Å². The summed E-state index contributed by atoms with van der Waals surface area (Å²) in [5.41, 5.74) is 3.22. The number of anilines is 1. The molecule has 0 aliphatic carbocycles. The van der Waals surface area contributed by atoms with Crippen molar-refractivity contribution in [2.24, 2.45) is 5.92 Å². The molecule has 2 aromatic rings. The van der Waals surface area contributed by atoms with Crippen LogP contribution in [0, 0.1) is 19.8 Å². The van der Waals surface area contributed by atoms with E-state index in [0.717, 1.165) is 62.5 Å². The second kappa shape index (κ2) is 7.62. The van der Waals surface area contributed by atoms with Gasteiger partial charge in [-0.3, -0.25) is 14.8 Å². The van der Waals surface area contributed by atoms with Gasteiger partial charge in [-0.05, 0) is 51.2 Å². The summed E-state index contributed by atoms with van der Waals surface area (Å²) in [6.07, 6.45) is 9.17. The van der Waals surface area contributed by atoms with Gasteiger partial charge in [-0.15, -0.1) is 0 Å². The first kappa shape index (κ1) is 17.9. The first-order valence-corrected chi connectivity index (χ1v) is 9.86. The molecule has 1 amide bonds. The van der Waals surface area contributed by atoms with E-state index in [1.54, 1.807) is 12.4 Å². The smallest absolute Gasteiger partial charge is 0.226 e. The monoisotopic (exact) mass is 365 g/mol. The van der Waals surface area contributed by atoms with Crippen LogP contribution >= 0.6 is 0 Å². The third-order valence-corrected chi connectivity index (χ3v) is 5.84. The molecule has 4 heterocycles. The molecular weight excluding hydrogens is 338 g/mol. The molecule has 2 aliphatic rings. The average Bonchev–Trinajstić information content (AvgIpc) is 2.99. The van der Waals surface area contributed by atoms with Crippen LogP contribution < -0.4 is 4.90 Å². The summed E-state index contributed by atoms with van der Waals surface area (Å²) >= 11 is 0. The summed E-state index contributed by atoms with van der Waals surface area (Å²) in [7, 11) is 0. The second-order valence-electron chi connectivity index (χ2n) is 7.74. The summed E-state index contributed by atoms with van der Waals surface area (Å²) < 4.78 is 0. The van der Waals surface area contributed by atoms with Crippen molar-refractivity contribution in [1.29, 1.82) is 0 Å². The number of carbonyl (C=O) groups is 1. The van der Waals surface area contributed by atoms with Gasteiger partial charge in [0, 0.05) is 44.1 Å². The summed E-state index contributed by atoms with van der Waals surface area (Å²) in [4.78, 5) is 30.5. The number of aromatic nitrogens is 3. The summed E-state index contributed by atoms with van der Waals surface area (Å²) in [5, 5.41) is 0. The fourth-order valence-electron chi connectivity index (χ4n) is 4.31. The maximum Gasteiger partial charge on any atom is 0.226 e. The maximum atomic E-state index is 12.8. The van der Waals surface area contributed by atoms with Crippen LogP contribution in [0.5, 0.6) is 0 Å². The first-order valence-electron chi connectivity index (χ1n) is 9.86. The van der Waals surface area contributed by atoms with Crippen LogP contribution in [0.2, 0.25) is 0 Å². The second-order valence-corrected chi connectivity index (χ2v) is 7.74. The molecule has 6 heteroatoms. The zero-order valence-electron chi connectivity index (χ0n) is 16.1. The van der Waals surface area contributed by atoms with Gasteiger partial charge in [0.05, 0.1) is 17.4 Å². The predicted octanol–water partition coefficient (Wildman–Crippen LogP) is 2.55. The number of fused-ring (bicyclic) bond motifs is 1. The average molecular weight is 365 g/mol. The van der Waals surface area contributed by atoms with Crippen LogP contribution in [0.1, 0.15) is 36.2 Å². The van der Waals surface area contributed by atoms with E-state index in [-0.39, 0.29) is 5.92 Å². The predicted molar refractivity (Wildman–Crippen MR) is 105 cm³/mol. The van der Waals surface area contributed by atoms with Gasteiger partial charge in [-0.1, -0.05) is 6.07 Å². The number of hydrogen-bond donors (Lipinski definition) is 0. The van der Waals surface area contributed by atoms with E-state index >= 15 is 0 Å². The van der Waals surface area contributed by atoms with Crippen molar-refractivity contribution >= 4 is 11.7 Å². The Morgan fingerprint density at radius 1 is 1.11 bits per heavy atom. The summed E-state index contributed by atoms with van der Waals surface area (Å²) in [6, 6.07) is 4.51. The van der Waals surface area contributed by atoms with Crippen molar-refractivity contribution < 1.29 is 4.79 Å². The zero-order valence-corrected chi connectivity index (χ0v) is 16.1. The lowest BCUT2D eigenvalue weighted by Gasteiger charge is -2.38. The van der Waals surface area contributed by atoms with Crippen LogP contribution in [0.15, 0.2) is 30.7 Å². The van der Waals surface area contributed by atoms with Crippen molar-refractivity contribution in [3.05, 3.63) is 47.7 Å². The molecule has 6 nitrogen and oxygen atoms in total. The van der Waals surface area contributed by atoms with Gasteiger partial charge < -0.3 is 9.80 Å². The van der Waals surface area contributed by atoms with Gasteiger partial charge in [0.25, 0.3) is 0 Å². The van der Waals surface area contributed by atoms with Gasteiger partial charge in [0.1, 0.15) is 5.82 Å². The van der Waals surface area contributed by atoms with Crippen molar-refractivity contribution in [1.82, 2.24) is 19.9 Å². The number of amides is 1. The van der Waals surface area contributed by atoms with Gasteiger partial charge in [0.15, 0.2) is 0 Å². The number of piperazine rings is 1. The standard InChI is InChI=1S/C21H27N5O/c1-15-6-7-20(24-13-15)25-10-11-26-18(14-25)12-17(21(26)27)4-3-5-19-16(2)22-8-9-23-19/h6-9,13,17-18H,3-5,10-12,14H2,1-2H3/t17-,18-/m0/s1. The maximum absolute atomic E-state index is 12.8. The van der Waals surface area contributed by atoms with E-state index in [2.05, 4.69) is 43.8 Å². The van der Waals surface area contributed by atoms with Crippen molar-refractivity contribution in [2.45, 2.75) is 45.6 Å². The van der Waals surface area contributed by atoms with Crippen LogP contribution in [-0.2, 0) is 11.2 Å². The van der Waals surface area contributed by atoms with E-state index in [0.29, 0.717) is 11.9 Å². The Morgan fingerprint density at radius 3 is 2.74 bits per heavy atom. The third-order valence-electron chi connectivity index (χ3n) is 5.84. The highest BCUT2D eigenvalue weighted by Gasteiger charge is 2.42. The molecule has 4 rings (SSSR count). The van der Waals surface area contributed by atoms with E-state index < -0.39 is 0 Å². The topological polar surface area (TPSA) is 62.2 Å². The molecule has 2 fully saturated rings. The van der Waals surface area contributed by atoms with E-state index in [4.69, 9.17) is 0 Å². The Hall–Kier alpha value is -2.50. The SMILES string of the molecule is Cc1ccc(N2CCN3C(=O)[C@@H](CCCc4nccnc4C)C[C@H]3C2)nc1. The lowest BCUT2D eigenvalue weighted by Crippen LogP contribution is -2.51. The van der Waals surface area contributed by atoms with Crippen molar-refractivity contribution in [3.63, 3.8) is 0 Å². The number of aryl methyl sites for hydroxylation is 3. The lowest BCUT2D eigenvalue weighted by atomic mass is 9.97. The van der Waals surface area contributed by atoms with Crippen LogP contribution in [-0.4, -0.2) is 51.4 Å². The number of carbonyl (C=O) groups excluding carboxylic acids is 1. The summed E-state index contributed by atoms with van der Waals surface area (Å²) in [5.74, 6) is 1.51. The van der Waals surface area contributed by atoms with Crippen LogP contribution in [0.25, 0.3) is 0 Å². The Bertz CT molecular complexity index is 806. The highest BCUT2D eigenvalue weighted by molar-refractivity contribution is 5.82. The highest BCUT2D eigenvalue weighted by atomic mass is 16.2. The molecule has 0 radical (unpaired) electrons. The molecule has 0 unspecified atom stereocenters. The third kappa shape index (κ3) is 3.80.